The fraction of sp³-hybridized carbons (Fsp3) is 0.273. The standard InChI is InChI=1S/C33H32N4O5S/c1-22-12-16-42-30(22)33(40)35-26-8-2-5-23(19-26)10-11-25-20-34-21-27(31(25)43)32(39)36-28-9-3-6-24(29(28)38)7-4-13-37-14-17-41-18-15-37/h2-3,5-6,8-9,12,16,19-21,25,38H,4,7,13-15,17-18H2,1H3,(H,35,40)(H,36,39)/t25-/m0/s1. The number of phenolic OH excluding ortho intramolecular Hbond substituents is 1. The van der Waals surface area contributed by atoms with E-state index < -0.39 is 11.8 Å². The maximum absolute atomic E-state index is 13.2. The number of thiocarbonyl (C=S) groups is 1. The van der Waals surface area contributed by atoms with E-state index >= 15 is 0 Å². The average Bonchev–Trinajstić information content (AvgIpc) is 3.45. The van der Waals surface area contributed by atoms with Gasteiger partial charge in [0.25, 0.3) is 11.8 Å². The van der Waals surface area contributed by atoms with E-state index in [2.05, 4.69) is 32.4 Å². The molecule has 3 heterocycles. The van der Waals surface area contributed by atoms with Crippen LogP contribution in [0.5, 0.6) is 5.75 Å². The summed E-state index contributed by atoms with van der Waals surface area (Å²) in [5.74, 6) is 5.05. The number of anilines is 2. The van der Waals surface area contributed by atoms with Crippen molar-refractivity contribution in [3.8, 4) is 17.6 Å². The van der Waals surface area contributed by atoms with Gasteiger partial charge < -0.3 is 24.9 Å². The number of benzene rings is 2. The third-order valence-corrected chi connectivity index (χ3v) is 7.66. The molecule has 5 rings (SSSR count). The van der Waals surface area contributed by atoms with Crippen LogP contribution in [-0.2, 0) is 16.0 Å². The fourth-order valence-corrected chi connectivity index (χ4v) is 5.07. The zero-order valence-corrected chi connectivity index (χ0v) is 24.6. The van der Waals surface area contributed by atoms with Crippen LogP contribution in [0.3, 0.4) is 0 Å². The van der Waals surface area contributed by atoms with Crippen LogP contribution in [-0.4, -0.2) is 65.7 Å². The minimum Gasteiger partial charge on any atom is -0.505 e. The Morgan fingerprint density at radius 3 is 2.72 bits per heavy atom. The second-order valence-corrected chi connectivity index (χ2v) is 10.7. The molecule has 2 aliphatic heterocycles. The predicted octanol–water partition coefficient (Wildman–Crippen LogP) is 4.76. The lowest BCUT2D eigenvalue weighted by Crippen LogP contribution is -2.36. The van der Waals surface area contributed by atoms with Gasteiger partial charge in [-0.2, -0.15) is 0 Å². The van der Waals surface area contributed by atoms with Crippen molar-refractivity contribution in [1.82, 2.24) is 4.90 Å². The number of carbonyl (C=O) groups excluding carboxylic acids is 2. The predicted molar refractivity (Wildman–Crippen MR) is 170 cm³/mol. The van der Waals surface area contributed by atoms with Crippen LogP contribution < -0.4 is 10.6 Å². The third kappa shape index (κ3) is 7.64. The Morgan fingerprint density at radius 1 is 1.12 bits per heavy atom. The van der Waals surface area contributed by atoms with E-state index in [0.29, 0.717) is 28.2 Å². The molecule has 2 aliphatic rings. The van der Waals surface area contributed by atoms with Gasteiger partial charge in [-0.05, 0) is 62.2 Å². The molecule has 2 aromatic carbocycles. The molecule has 9 nitrogen and oxygen atoms in total. The van der Waals surface area contributed by atoms with E-state index in [1.165, 1.54) is 12.5 Å². The average molecular weight is 597 g/mol. The highest BCUT2D eigenvalue weighted by atomic mass is 32.1. The van der Waals surface area contributed by atoms with E-state index in [1.54, 1.807) is 43.5 Å². The molecule has 1 aromatic heterocycles. The highest BCUT2D eigenvalue weighted by molar-refractivity contribution is 7.81. The lowest BCUT2D eigenvalue weighted by molar-refractivity contribution is -0.112. The van der Waals surface area contributed by atoms with Crippen molar-refractivity contribution in [2.75, 3.05) is 43.5 Å². The van der Waals surface area contributed by atoms with Crippen molar-refractivity contribution in [2.45, 2.75) is 19.8 Å². The molecule has 43 heavy (non-hydrogen) atoms. The highest BCUT2D eigenvalue weighted by Gasteiger charge is 2.24. The number of hydrogen-bond acceptors (Lipinski definition) is 8. The Hall–Kier alpha value is -4.56. The Morgan fingerprint density at radius 2 is 1.93 bits per heavy atom. The van der Waals surface area contributed by atoms with Gasteiger partial charge in [-0.1, -0.05) is 42.3 Å². The van der Waals surface area contributed by atoms with Gasteiger partial charge in [0.1, 0.15) is 5.75 Å². The molecular formula is C33H32N4O5S. The number of hydrogen-bond donors (Lipinski definition) is 3. The minimum absolute atomic E-state index is 0.0502. The number of amides is 2. The van der Waals surface area contributed by atoms with Crippen LogP contribution in [0.1, 0.15) is 33.7 Å². The molecule has 10 heteroatoms. The first kappa shape index (κ1) is 29.9. The number of rotatable bonds is 8. The number of nitrogens with one attached hydrogen (secondary N) is 2. The molecule has 3 N–H and O–H groups in total. The van der Waals surface area contributed by atoms with Crippen molar-refractivity contribution in [2.24, 2.45) is 10.9 Å². The maximum Gasteiger partial charge on any atom is 0.291 e. The number of carbonyl (C=O) groups is 2. The number of aliphatic imine (C=N–C) groups is 1. The summed E-state index contributed by atoms with van der Waals surface area (Å²) >= 11 is 5.61. The molecule has 1 atom stereocenters. The van der Waals surface area contributed by atoms with Crippen LogP contribution in [0.15, 0.2) is 76.0 Å². The molecule has 220 valence electrons. The van der Waals surface area contributed by atoms with E-state index in [9.17, 15) is 14.7 Å². The molecule has 0 spiro atoms. The molecule has 2 amide bonds. The summed E-state index contributed by atoms with van der Waals surface area (Å²) in [5, 5.41) is 16.5. The van der Waals surface area contributed by atoms with Gasteiger partial charge >= 0.3 is 0 Å². The Labute approximate surface area is 255 Å². The number of morpholine rings is 1. The maximum atomic E-state index is 13.2. The summed E-state index contributed by atoms with van der Waals surface area (Å²) in [6.45, 7) is 6.06. The number of nitrogens with zero attached hydrogens (tertiary/aromatic N) is 2. The molecular weight excluding hydrogens is 564 g/mol. The minimum atomic E-state index is -0.565. The van der Waals surface area contributed by atoms with Crippen LogP contribution in [0.4, 0.5) is 11.4 Å². The number of aromatic hydroxyl groups is 1. The Balaban J connectivity index is 1.19. The molecule has 0 radical (unpaired) electrons. The van der Waals surface area contributed by atoms with E-state index in [0.717, 1.165) is 50.4 Å². The summed E-state index contributed by atoms with van der Waals surface area (Å²) in [6, 6.07) is 14.1. The fourth-order valence-electron chi connectivity index (χ4n) is 4.81. The molecule has 0 unspecified atom stereocenters. The van der Waals surface area contributed by atoms with Crippen LogP contribution in [0, 0.1) is 24.7 Å². The SMILES string of the molecule is Cc1ccoc1C(=O)Nc1cccc(C#C[C@H]2C=NC=C(C(=O)Nc3cccc(CCCN4CCOCC4)c3O)C2=S)c1. The zero-order valence-electron chi connectivity index (χ0n) is 23.8. The van der Waals surface area contributed by atoms with Gasteiger partial charge in [-0.3, -0.25) is 19.5 Å². The van der Waals surface area contributed by atoms with E-state index in [-0.39, 0.29) is 23.0 Å². The highest BCUT2D eigenvalue weighted by Crippen LogP contribution is 2.29. The largest absolute Gasteiger partial charge is 0.505 e. The van der Waals surface area contributed by atoms with Crippen molar-refractivity contribution in [3.05, 3.63) is 89.0 Å². The molecule has 3 aromatic rings. The smallest absolute Gasteiger partial charge is 0.291 e. The first-order chi connectivity index (χ1) is 20.9. The Kier molecular flexibility index (Phi) is 9.79. The molecule has 0 aliphatic carbocycles. The molecule has 1 fully saturated rings. The third-order valence-electron chi connectivity index (χ3n) is 7.18. The first-order valence-corrected chi connectivity index (χ1v) is 14.5. The number of furan rings is 1. The van der Waals surface area contributed by atoms with Crippen molar-refractivity contribution < 1.29 is 23.8 Å². The van der Waals surface area contributed by atoms with Crippen LogP contribution in [0.25, 0.3) is 0 Å². The van der Waals surface area contributed by atoms with E-state index in [1.807, 2.05) is 18.2 Å². The lowest BCUT2D eigenvalue weighted by Gasteiger charge is -2.26. The number of aryl methyl sites for hydroxylation is 2. The number of para-hydroxylation sites is 1. The second kappa shape index (κ2) is 14.1. The van der Waals surface area contributed by atoms with Gasteiger partial charge in [0, 0.05) is 47.2 Å². The number of phenols is 1. The van der Waals surface area contributed by atoms with Gasteiger partial charge in [0.05, 0.1) is 36.7 Å². The first-order valence-electron chi connectivity index (χ1n) is 14.1. The van der Waals surface area contributed by atoms with Crippen LogP contribution >= 0.6 is 12.2 Å². The summed E-state index contributed by atoms with van der Waals surface area (Å²) in [6.07, 6.45) is 6.03. The summed E-state index contributed by atoms with van der Waals surface area (Å²) < 4.78 is 10.7. The van der Waals surface area contributed by atoms with Crippen molar-refractivity contribution in [1.29, 1.82) is 0 Å². The molecule has 1 saturated heterocycles. The van der Waals surface area contributed by atoms with Gasteiger partial charge in [0.2, 0.25) is 0 Å². The van der Waals surface area contributed by atoms with Gasteiger partial charge in [-0.25, -0.2) is 0 Å². The lowest BCUT2D eigenvalue weighted by atomic mass is 9.97. The monoisotopic (exact) mass is 596 g/mol. The van der Waals surface area contributed by atoms with Crippen molar-refractivity contribution in [3.63, 3.8) is 0 Å². The Bertz CT molecular complexity index is 1640. The van der Waals surface area contributed by atoms with Gasteiger partial charge in [0.15, 0.2) is 5.76 Å². The molecule has 0 bridgehead atoms. The quantitative estimate of drug-likeness (QED) is 0.195. The molecule has 0 saturated carbocycles. The summed E-state index contributed by atoms with van der Waals surface area (Å²) in [4.78, 5) is 32.6. The van der Waals surface area contributed by atoms with Crippen molar-refractivity contribution >= 4 is 46.5 Å². The summed E-state index contributed by atoms with van der Waals surface area (Å²) in [5.41, 5.74) is 3.26. The normalized spacial score (nSPS) is 16.6. The topological polar surface area (TPSA) is 116 Å². The summed E-state index contributed by atoms with van der Waals surface area (Å²) in [7, 11) is 0. The zero-order chi connectivity index (χ0) is 30.2. The second-order valence-electron chi connectivity index (χ2n) is 10.2. The number of ether oxygens (including phenoxy) is 1. The van der Waals surface area contributed by atoms with E-state index in [4.69, 9.17) is 21.4 Å². The van der Waals surface area contributed by atoms with Gasteiger partial charge in [-0.15, -0.1) is 0 Å². The van der Waals surface area contributed by atoms with Crippen LogP contribution in [0.2, 0.25) is 0 Å².